The lowest BCUT2D eigenvalue weighted by molar-refractivity contribution is 0.187. The average Bonchev–Trinajstić information content (AvgIpc) is 3.02. The normalized spacial score (nSPS) is 21.4. The summed E-state index contributed by atoms with van der Waals surface area (Å²) in [6.07, 6.45) is 7.29. The number of nitrogens with two attached hydrogens (primary N) is 1. The van der Waals surface area contributed by atoms with Crippen molar-refractivity contribution in [3.63, 3.8) is 0 Å². The minimum atomic E-state index is 0.460. The van der Waals surface area contributed by atoms with Crippen LogP contribution in [-0.4, -0.2) is 47.1 Å². The number of nitrogen functional groups attached to an aromatic ring is 1. The summed E-state index contributed by atoms with van der Waals surface area (Å²) >= 11 is 3.53. The first-order valence-electron chi connectivity index (χ1n) is 7.26. The molecule has 0 amide bonds. The molecule has 1 aliphatic heterocycles. The van der Waals surface area contributed by atoms with Gasteiger partial charge in [-0.25, -0.2) is 10.8 Å². The Kier molecular flexibility index (Phi) is 4.38. The van der Waals surface area contributed by atoms with Crippen LogP contribution >= 0.6 is 15.9 Å². The van der Waals surface area contributed by atoms with Crippen molar-refractivity contribution in [3.05, 3.63) is 10.7 Å². The third-order valence-electron chi connectivity index (χ3n) is 4.31. The number of aromatic nitrogens is 2. The Balaban J connectivity index is 1.65. The van der Waals surface area contributed by atoms with Crippen LogP contribution in [0.25, 0.3) is 0 Å². The summed E-state index contributed by atoms with van der Waals surface area (Å²) < 4.78 is 0.922. The van der Waals surface area contributed by atoms with Gasteiger partial charge in [0.15, 0.2) is 0 Å². The first kappa shape index (κ1) is 14.0. The standard InChI is InChI=1S/C13H21BrN6/c14-11-9-16-13(18-15)17-12(11)20-7-5-19(6-8-20)10-3-1-2-4-10/h9-10H,1-8,15H2,(H,16,17,18). The van der Waals surface area contributed by atoms with E-state index in [1.165, 1.54) is 25.7 Å². The molecule has 1 aliphatic carbocycles. The van der Waals surface area contributed by atoms with Crippen molar-refractivity contribution in [2.45, 2.75) is 31.7 Å². The van der Waals surface area contributed by atoms with Crippen LogP contribution in [0.2, 0.25) is 0 Å². The minimum absolute atomic E-state index is 0.460. The van der Waals surface area contributed by atoms with E-state index in [9.17, 15) is 0 Å². The number of nitrogens with one attached hydrogen (secondary N) is 1. The van der Waals surface area contributed by atoms with Crippen LogP contribution in [0.4, 0.5) is 11.8 Å². The maximum Gasteiger partial charge on any atom is 0.239 e. The molecule has 3 rings (SSSR count). The van der Waals surface area contributed by atoms with Crippen molar-refractivity contribution in [2.24, 2.45) is 5.84 Å². The number of hydrogen-bond acceptors (Lipinski definition) is 6. The molecule has 110 valence electrons. The van der Waals surface area contributed by atoms with Gasteiger partial charge in [0.1, 0.15) is 5.82 Å². The SMILES string of the molecule is NNc1ncc(Br)c(N2CCN(C3CCCC3)CC2)n1. The van der Waals surface area contributed by atoms with E-state index in [4.69, 9.17) is 5.84 Å². The fraction of sp³-hybridized carbons (Fsp3) is 0.692. The second-order valence-corrected chi connectivity index (χ2v) is 6.33. The highest BCUT2D eigenvalue weighted by molar-refractivity contribution is 9.10. The highest BCUT2D eigenvalue weighted by atomic mass is 79.9. The highest BCUT2D eigenvalue weighted by Gasteiger charge is 2.27. The molecule has 0 spiro atoms. The van der Waals surface area contributed by atoms with Crippen molar-refractivity contribution in [3.8, 4) is 0 Å². The number of rotatable bonds is 3. The van der Waals surface area contributed by atoms with Crippen molar-refractivity contribution in [1.29, 1.82) is 0 Å². The summed E-state index contributed by atoms with van der Waals surface area (Å²) in [6, 6.07) is 0.812. The van der Waals surface area contributed by atoms with E-state index in [1.807, 2.05) is 0 Å². The number of piperazine rings is 1. The van der Waals surface area contributed by atoms with Gasteiger partial charge in [-0.05, 0) is 28.8 Å². The van der Waals surface area contributed by atoms with Gasteiger partial charge in [-0.15, -0.1) is 0 Å². The molecular weight excluding hydrogens is 320 g/mol. The van der Waals surface area contributed by atoms with E-state index >= 15 is 0 Å². The molecule has 0 radical (unpaired) electrons. The molecule has 0 aromatic carbocycles. The Morgan fingerprint density at radius 1 is 1.20 bits per heavy atom. The Bertz CT molecular complexity index is 454. The summed E-state index contributed by atoms with van der Waals surface area (Å²) in [7, 11) is 0. The van der Waals surface area contributed by atoms with Gasteiger partial charge < -0.3 is 4.90 Å². The molecule has 6 nitrogen and oxygen atoms in total. The second-order valence-electron chi connectivity index (χ2n) is 5.47. The van der Waals surface area contributed by atoms with Gasteiger partial charge in [-0.3, -0.25) is 10.3 Å². The molecule has 2 heterocycles. The molecule has 0 atom stereocenters. The van der Waals surface area contributed by atoms with Crippen LogP contribution in [0.1, 0.15) is 25.7 Å². The number of hydrazine groups is 1. The lowest BCUT2D eigenvalue weighted by Crippen LogP contribution is -2.50. The summed E-state index contributed by atoms with van der Waals surface area (Å²) in [5.41, 5.74) is 2.51. The second kappa shape index (κ2) is 6.24. The Morgan fingerprint density at radius 2 is 1.90 bits per heavy atom. The van der Waals surface area contributed by atoms with E-state index in [-0.39, 0.29) is 0 Å². The molecule has 0 bridgehead atoms. The summed E-state index contributed by atoms with van der Waals surface area (Å²) in [6.45, 7) is 4.26. The van der Waals surface area contributed by atoms with E-state index in [0.717, 1.165) is 42.5 Å². The fourth-order valence-corrected chi connectivity index (χ4v) is 3.66. The van der Waals surface area contributed by atoms with Crippen molar-refractivity contribution in [2.75, 3.05) is 36.5 Å². The third kappa shape index (κ3) is 2.89. The molecule has 7 heteroatoms. The quantitative estimate of drug-likeness (QED) is 0.643. The van der Waals surface area contributed by atoms with Crippen molar-refractivity contribution >= 4 is 27.7 Å². The summed E-state index contributed by atoms with van der Waals surface area (Å²) in [5, 5.41) is 0. The van der Waals surface area contributed by atoms with Gasteiger partial charge >= 0.3 is 0 Å². The molecule has 1 aromatic heterocycles. The first-order chi connectivity index (χ1) is 9.78. The lowest BCUT2D eigenvalue weighted by Gasteiger charge is -2.38. The predicted octanol–water partition coefficient (Wildman–Crippen LogP) is 1.59. The van der Waals surface area contributed by atoms with E-state index in [0.29, 0.717) is 5.95 Å². The molecule has 20 heavy (non-hydrogen) atoms. The minimum Gasteiger partial charge on any atom is -0.353 e. The van der Waals surface area contributed by atoms with Gasteiger partial charge in [0.2, 0.25) is 5.95 Å². The molecule has 0 unspecified atom stereocenters. The smallest absolute Gasteiger partial charge is 0.239 e. The topological polar surface area (TPSA) is 70.3 Å². The number of halogens is 1. The zero-order chi connectivity index (χ0) is 13.9. The number of anilines is 2. The fourth-order valence-electron chi connectivity index (χ4n) is 3.22. The maximum absolute atomic E-state index is 5.39. The summed E-state index contributed by atoms with van der Waals surface area (Å²) in [4.78, 5) is 13.5. The molecule has 1 saturated carbocycles. The van der Waals surface area contributed by atoms with Gasteiger partial charge in [0.25, 0.3) is 0 Å². The maximum atomic E-state index is 5.39. The van der Waals surface area contributed by atoms with E-state index in [2.05, 4.69) is 41.1 Å². The Morgan fingerprint density at radius 3 is 2.55 bits per heavy atom. The zero-order valence-electron chi connectivity index (χ0n) is 11.6. The van der Waals surface area contributed by atoms with Crippen LogP contribution in [0.15, 0.2) is 10.7 Å². The van der Waals surface area contributed by atoms with E-state index < -0.39 is 0 Å². The third-order valence-corrected chi connectivity index (χ3v) is 4.87. The molecular formula is C13H21BrN6. The van der Waals surface area contributed by atoms with Crippen LogP contribution in [0.3, 0.4) is 0 Å². The largest absolute Gasteiger partial charge is 0.353 e. The molecule has 3 N–H and O–H groups in total. The van der Waals surface area contributed by atoms with Crippen LogP contribution < -0.4 is 16.2 Å². The average molecular weight is 341 g/mol. The van der Waals surface area contributed by atoms with E-state index in [1.54, 1.807) is 6.20 Å². The van der Waals surface area contributed by atoms with Gasteiger partial charge in [-0.2, -0.15) is 4.98 Å². The van der Waals surface area contributed by atoms with Gasteiger partial charge in [0.05, 0.1) is 4.47 Å². The predicted molar refractivity (Wildman–Crippen MR) is 83.6 cm³/mol. The van der Waals surface area contributed by atoms with Gasteiger partial charge in [-0.1, -0.05) is 12.8 Å². The van der Waals surface area contributed by atoms with Crippen molar-refractivity contribution in [1.82, 2.24) is 14.9 Å². The number of nitrogens with zero attached hydrogens (tertiary/aromatic N) is 4. The molecule has 2 aliphatic rings. The summed E-state index contributed by atoms with van der Waals surface area (Å²) in [5.74, 6) is 6.78. The Hall–Kier alpha value is -0.920. The van der Waals surface area contributed by atoms with Crippen LogP contribution in [-0.2, 0) is 0 Å². The number of hydrogen-bond donors (Lipinski definition) is 2. The Labute approximate surface area is 127 Å². The van der Waals surface area contributed by atoms with Crippen molar-refractivity contribution < 1.29 is 0 Å². The first-order valence-corrected chi connectivity index (χ1v) is 8.05. The zero-order valence-corrected chi connectivity index (χ0v) is 13.1. The molecule has 1 aromatic rings. The van der Waals surface area contributed by atoms with Gasteiger partial charge in [0, 0.05) is 38.4 Å². The van der Waals surface area contributed by atoms with Crippen LogP contribution in [0.5, 0.6) is 0 Å². The lowest BCUT2D eigenvalue weighted by atomic mass is 10.2. The van der Waals surface area contributed by atoms with Crippen LogP contribution in [0, 0.1) is 0 Å². The molecule has 2 fully saturated rings. The molecule has 1 saturated heterocycles. The highest BCUT2D eigenvalue weighted by Crippen LogP contribution is 2.28. The monoisotopic (exact) mass is 340 g/mol.